The van der Waals surface area contributed by atoms with Gasteiger partial charge in [-0.1, -0.05) is 6.07 Å². The highest BCUT2D eigenvalue weighted by Gasteiger charge is 2.36. The molecule has 0 radical (unpaired) electrons. The summed E-state index contributed by atoms with van der Waals surface area (Å²) in [5.74, 6) is -0.533. The van der Waals surface area contributed by atoms with Crippen molar-refractivity contribution in [3.05, 3.63) is 63.5 Å². The number of benzene rings is 1. The Morgan fingerprint density at radius 2 is 1.83 bits per heavy atom. The van der Waals surface area contributed by atoms with Gasteiger partial charge in [0.05, 0.1) is 11.1 Å². The molecule has 184 valence electrons. The monoisotopic (exact) mass is 488 g/mol. The van der Waals surface area contributed by atoms with Crippen LogP contribution in [0.15, 0.2) is 35.1 Å². The average molecular weight is 488 g/mol. The predicted molar refractivity (Wildman–Crippen MR) is 122 cm³/mol. The summed E-state index contributed by atoms with van der Waals surface area (Å²) in [7, 11) is 1.58. The van der Waals surface area contributed by atoms with E-state index < -0.39 is 29.3 Å². The van der Waals surface area contributed by atoms with Crippen LogP contribution in [0.5, 0.6) is 0 Å². The standard InChI is InChI=1S/C24H24F4N6O/c1-13-12-34(22-21-20(32(4)23(35)31-22)8-6-17(10-29)30-21)14(2)11-33(13)15(3)18-7-5-16(9-19(18)25)24(26,27)28/h5-9,13-15H,11-12H2,1-4H3/t13-,14+,15?/m1/s1. The van der Waals surface area contributed by atoms with E-state index in [9.17, 15) is 27.6 Å². The van der Waals surface area contributed by atoms with Gasteiger partial charge in [0, 0.05) is 43.8 Å². The first kappa shape index (κ1) is 24.6. The van der Waals surface area contributed by atoms with E-state index in [1.54, 1.807) is 20.0 Å². The van der Waals surface area contributed by atoms with Crippen molar-refractivity contribution in [2.24, 2.45) is 7.05 Å². The van der Waals surface area contributed by atoms with Crippen LogP contribution < -0.4 is 10.6 Å². The molecular weight excluding hydrogens is 464 g/mol. The summed E-state index contributed by atoms with van der Waals surface area (Å²) in [4.78, 5) is 25.1. The number of pyridine rings is 1. The minimum absolute atomic E-state index is 0.150. The Kier molecular flexibility index (Phi) is 6.27. The fourth-order valence-corrected chi connectivity index (χ4v) is 4.68. The van der Waals surface area contributed by atoms with Gasteiger partial charge in [0.25, 0.3) is 0 Å². The van der Waals surface area contributed by atoms with Crippen LogP contribution >= 0.6 is 0 Å². The van der Waals surface area contributed by atoms with E-state index in [4.69, 9.17) is 0 Å². The molecule has 3 atom stereocenters. The number of nitriles is 1. The van der Waals surface area contributed by atoms with Crippen LogP contribution in [0.3, 0.4) is 0 Å². The van der Waals surface area contributed by atoms with Gasteiger partial charge in [-0.2, -0.15) is 23.4 Å². The van der Waals surface area contributed by atoms with E-state index >= 15 is 0 Å². The minimum Gasteiger partial charge on any atom is -0.349 e. The van der Waals surface area contributed by atoms with Gasteiger partial charge in [0.2, 0.25) is 0 Å². The van der Waals surface area contributed by atoms with Crippen LogP contribution in [0.25, 0.3) is 11.0 Å². The van der Waals surface area contributed by atoms with Crippen molar-refractivity contribution in [2.45, 2.75) is 45.1 Å². The maximum absolute atomic E-state index is 14.7. The molecule has 0 bridgehead atoms. The summed E-state index contributed by atoms with van der Waals surface area (Å²) >= 11 is 0. The van der Waals surface area contributed by atoms with E-state index in [0.29, 0.717) is 36.0 Å². The van der Waals surface area contributed by atoms with E-state index in [-0.39, 0.29) is 23.3 Å². The van der Waals surface area contributed by atoms with E-state index in [1.165, 1.54) is 16.7 Å². The summed E-state index contributed by atoms with van der Waals surface area (Å²) in [5.41, 5.74) is -0.124. The molecule has 2 aromatic heterocycles. The van der Waals surface area contributed by atoms with Crippen LogP contribution in [-0.2, 0) is 13.2 Å². The van der Waals surface area contributed by atoms with Crippen LogP contribution in [-0.4, -0.2) is 44.6 Å². The zero-order valence-electron chi connectivity index (χ0n) is 19.6. The van der Waals surface area contributed by atoms with Gasteiger partial charge < -0.3 is 4.90 Å². The largest absolute Gasteiger partial charge is 0.416 e. The second kappa shape index (κ2) is 8.92. The van der Waals surface area contributed by atoms with E-state index in [0.717, 1.165) is 6.07 Å². The fraction of sp³-hybridized carbons (Fsp3) is 0.417. The molecule has 1 aliphatic rings. The first-order chi connectivity index (χ1) is 16.4. The summed E-state index contributed by atoms with van der Waals surface area (Å²) in [6.45, 7) is 6.47. The van der Waals surface area contributed by atoms with Crippen molar-refractivity contribution in [2.75, 3.05) is 18.0 Å². The smallest absolute Gasteiger partial charge is 0.349 e. The number of aromatic nitrogens is 3. The second-order valence-electron chi connectivity index (χ2n) is 8.91. The normalized spacial score (nSPS) is 20.1. The second-order valence-corrected chi connectivity index (χ2v) is 8.91. The minimum atomic E-state index is -4.61. The van der Waals surface area contributed by atoms with Crippen molar-refractivity contribution in [1.29, 1.82) is 5.26 Å². The third-order valence-electron chi connectivity index (χ3n) is 6.63. The SMILES string of the molecule is CC(c1ccc(C(F)(F)F)cc1F)N1C[C@H](C)N(c2nc(=O)n(C)c3ccc(C#N)nc23)C[C@H]1C. The van der Waals surface area contributed by atoms with E-state index in [2.05, 4.69) is 9.97 Å². The van der Waals surface area contributed by atoms with Crippen LogP contribution in [0.2, 0.25) is 0 Å². The molecule has 0 amide bonds. The lowest BCUT2D eigenvalue weighted by Gasteiger charge is -2.47. The fourth-order valence-electron chi connectivity index (χ4n) is 4.68. The number of nitrogens with zero attached hydrogens (tertiary/aromatic N) is 6. The number of piperazine rings is 1. The van der Waals surface area contributed by atoms with Crippen molar-refractivity contribution >= 4 is 16.9 Å². The molecule has 1 unspecified atom stereocenters. The highest BCUT2D eigenvalue weighted by molar-refractivity contribution is 5.86. The van der Waals surface area contributed by atoms with Gasteiger partial charge >= 0.3 is 11.9 Å². The maximum atomic E-state index is 14.7. The molecule has 1 fully saturated rings. The molecule has 35 heavy (non-hydrogen) atoms. The Hall–Kier alpha value is -3.52. The maximum Gasteiger partial charge on any atom is 0.416 e. The Labute approximate surface area is 199 Å². The molecule has 1 aliphatic heterocycles. The quantitative estimate of drug-likeness (QED) is 0.519. The molecule has 3 heterocycles. The van der Waals surface area contributed by atoms with Gasteiger partial charge in [-0.25, -0.2) is 14.2 Å². The van der Waals surface area contributed by atoms with Gasteiger partial charge in [-0.15, -0.1) is 0 Å². The van der Waals surface area contributed by atoms with Crippen LogP contribution in [0, 0.1) is 17.1 Å². The summed E-state index contributed by atoms with van der Waals surface area (Å²) in [6.07, 6.45) is -4.61. The molecule has 11 heteroatoms. The molecule has 1 aromatic carbocycles. The molecule has 0 saturated carbocycles. The number of alkyl halides is 3. The van der Waals surface area contributed by atoms with Crippen molar-refractivity contribution in [3.8, 4) is 6.07 Å². The topological polar surface area (TPSA) is 78.0 Å². The highest BCUT2D eigenvalue weighted by Crippen LogP contribution is 2.35. The number of hydrogen-bond donors (Lipinski definition) is 0. The lowest BCUT2D eigenvalue weighted by Crippen LogP contribution is -2.57. The zero-order valence-corrected chi connectivity index (χ0v) is 19.6. The molecule has 0 spiro atoms. The molecule has 0 N–H and O–H groups in total. The number of halogens is 4. The van der Waals surface area contributed by atoms with Crippen molar-refractivity contribution in [1.82, 2.24) is 19.4 Å². The lowest BCUT2D eigenvalue weighted by molar-refractivity contribution is -0.137. The van der Waals surface area contributed by atoms with Gasteiger partial charge in [0.15, 0.2) is 5.82 Å². The van der Waals surface area contributed by atoms with Crippen molar-refractivity contribution in [3.63, 3.8) is 0 Å². The number of hydrogen-bond acceptors (Lipinski definition) is 6. The van der Waals surface area contributed by atoms with Gasteiger partial charge in [-0.05, 0) is 45.0 Å². The summed E-state index contributed by atoms with van der Waals surface area (Å²) in [5, 5.41) is 9.29. The van der Waals surface area contributed by atoms with Gasteiger partial charge in [0.1, 0.15) is 23.1 Å². The predicted octanol–water partition coefficient (Wildman–Crippen LogP) is 4.02. The molecule has 1 saturated heterocycles. The number of aryl methyl sites for hydroxylation is 1. The Bertz CT molecular complexity index is 1380. The Morgan fingerprint density at radius 3 is 2.46 bits per heavy atom. The van der Waals surface area contributed by atoms with E-state index in [1.807, 2.05) is 29.7 Å². The molecule has 7 nitrogen and oxygen atoms in total. The first-order valence-corrected chi connectivity index (χ1v) is 11.1. The Morgan fingerprint density at radius 1 is 1.11 bits per heavy atom. The summed E-state index contributed by atoms with van der Waals surface area (Å²) < 4.78 is 54.9. The average Bonchev–Trinajstić information content (AvgIpc) is 2.81. The molecule has 4 rings (SSSR count). The number of anilines is 1. The number of rotatable bonds is 3. The highest BCUT2D eigenvalue weighted by atomic mass is 19.4. The van der Waals surface area contributed by atoms with Crippen LogP contribution in [0.4, 0.5) is 23.4 Å². The molecule has 0 aliphatic carbocycles. The summed E-state index contributed by atoms with van der Waals surface area (Å²) in [6, 6.07) is 7.01. The van der Waals surface area contributed by atoms with Crippen molar-refractivity contribution < 1.29 is 17.6 Å². The van der Waals surface area contributed by atoms with Gasteiger partial charge in [-0.3, -0.25) is 9.47 Å². The zero-order chi connectivity index (χ0) is 25.7. The third-order valence-corrected chi connectivity index (χ3v) is 6.63. The Balaban J connectivity index is 1.66. The third kappa shape index (κ3) is 4.46. The first-order valence-electron chi connectivity index (χ1n) is 11.1. The van der Waals surface area contributed by atoms with Crippen LogP contribution in [0.1, 0.15) is 43.6 Å². The lowest BCUT2D eigenvalue weighted by atomic mass is 9.99. The number of fused-ring (bicyclic) bond motifs is 1. The molecule has 3 aromatic rings. The molecular formula is C24H24F4N6O.